The van der Waals surface area contributed by atoms with Gasteiger partial charge < -0.3 is 21.5 Å². The number of carbonyl (C=O) groups is 1. The highest BCUT2D eigenvalue weighted by Gasteiger charge is 2.25. The molecule has 0 amide bonds. The van der Waals surface area contributed by atoms with Gasteiger partial charge in [0.05, 0.1) is 5.69 Å². The minimum absolute atomic E-state index is 0.182. The number of pyridine rings is 1. The molecule has 3 rings (SSSR count). The Balaban J connectivity index is 2.14. The first-order valence-corrected chi connectivity index (χ1v) is 9.30. The third-order valence-corrected chi connectivity index (χ3v) is 5.76. The number of nitrogens with zero attached hydrogens (tertiary/aromatic N) is 2. The van der Waals surface area contributed by atoms with E-state index in [0.29, 0.717) is 23.1 Å². The van der Waals surface area contributed by atoms with Crippen molar-refractivity contribution in [2.24, 2.45) is 5.73 Å². The van der Waals surface area contributed by atoms with Gasteiger partial charge in [0, 0.05) is 24.5 Å². The van der Waals surface area contributed by atoms with E-state index in [9.17, 15) is 9.90 Å². The quantitative estimate of drug-likeness (QED) is 0.767. The van der Waals surface area contributed by atoms with Crippen molar-refractivity contribution in [3.8, 4) is 0 Å². The molecule has 1 saturated heterocycles. The van der Waals surface area contributed by atoms with Crippen molar-refractivity contribution in [1.82, 2.24) is 4.98 Å². The number of nitrogen functional groups attached to an aromatic ring is 1. The molecule has 3 heterocycles. The number of nitrogens with two attached hydrogens (primary N) is 2. The van der Waals surface area contributed by atoms with Gasteiger partial charge in [-0.05, 0) is 37.3 Å². The zero-order valence-corrected chi connectivity index (χ0v) is 14.7. The van der Waals surface area contributed by atoms with Crippen molar-refractivity contribution in [2.45, 2.75) is 45.1 Å². The summed E-state index contributed by atoms with van der Waals surface area (Å²) >= 11 is 1.17. The second-order valence-corrected chi connectivity index (χ2v) is 7.30. The van der Waals surface area contributed by atoms with E-state index in [1.165, 1.54) is 17.8 Å². The zero-order valence-electron chi connectivity index (χ0n) is 13.9. The number of thiophene rings is 1. The fraction of sp³-hybridized carbons (Fsp3) is 0.529. The molecule has 5 N–H and O–H groups in total. The van der Waals surface area contributed by atoms with Crippen molar-refractivity contribution in [2.75, 3.05) is 23.7 Å². The fourth-order valence-electron chi connectivity index (χ4n) is 3.50. The van der Waals surface area contributed by atoms with Crippen LogP contribution >= 0.6 is 11.3 Å². The summed E-state index contributed by atoms with van der Waals surface area (Å²) in [5.41, 5.74) is 13.5. The number of aromatic nitrogens is 1. The minimum atomic E-state index is -0.989. The lowest BCUT2D eigenvalue weighted by atomic mass is 10.0. The molecule has 0 aliphatic carbocycles. The number of anilines is 2. The molecule has 2 aromatic rings. The number of aromatic carboxylic acids is 1. The van der Waals surface area contributed by atoms with Crippen molar-refractivity contribution in [1.29, 1.82) is 0 Å². The first-order chi connectivity index (χ1) is 11.6. The number of hydrogen-bond donors (Lipinski definition) is 3. The largest absolute Gasteiger partial charge is 0.477 e. The maximum atomic E-state index is 11.4. The first-order valence-electron chi connectivity index (χ1n) is 8.48. The SMILES string of the molecule is CCCc1cc(N2CCCCC2CN)nc2sc(C(=O)O)c(N)c12. The molecule has 6 nitrogen and oxygen atoms in total. The third kappa shape index (κ3) is 2.93. The first kappa shape index (κ1) is 17.0. The predicted molar refractivity (Wildman–Crippen MR) is 99.0 cm³/mol. The van der Waals surface area contributed by atoms with Gasteiger partial charge in [-0.15, -0.1) is 11.3 Å². The maximum absolute atomic E-state index is 11.4. The molecule has 2 aromatic heterocycles. The van der Waals surface area contributed by atoms with Gasteiger partial charge in [-0.2, -0.15) is 0 Å². The summed E-state index contributed by atoms with van der Waals surface area (Å²) < 4.78 is 0. The lowest BCUT2D eigenvalue weighted by molar-refractivity contribution is 0.0703. The van der Waals surface area contributed by atoms with E-state index in [-0.39, 0.29) is 4.88 Å². The monoisotopic (exact) mass is 348 g/mol. The summed E-state index contributed by atoms with van der Waals surface area (Å²) in [5, 5.41) is 10.2. The van der Waals surface area contributed by atoms with Crippen molar-refractivity contribution < 1.29 is 9.90 Å². The second-order valence-electron chi connectivity index (χ2n) is 6.30. The smallest absolute Gasteiger partial charge is 0.348 e. The van der Waals surface area contributed by atoms with E-state index in [2.05, 4.69) is 17.9 Å². The molecule has 0 bridgehead atoms. The van der Waals surface area contributed by atoms with Gasteiger partial charge in [0.15, 0.2) is 0 Å². The van der Waals surface area contributed by atoms with Crippen LogP contribution in [0, 0.1) is 0 Å². The maximum Gasteiger partial charge on any atom is 0.348 e. The van der Waals surface area contributed by atoms with Crippen LogP contribution in [0.3, 0.4) is 0 Å². The van der Waals surface area contributed by atoms with Crippen molar-refractivity contribution in [3.63, 3.8) is 0 Å². The Morgan fingerprint density at radius 1 is 1.50 bits per heavy atom. The molecule has 1 fully saturated rings. The fourth-order valence-corrected chi connectivity index (χ4v) is 4.48. The van der Waals surface area contributed by atoms with Crippen LogP contribution in [0.2, 0.25) is 0 Å². The number of hydrogen-bond acceptors (Lipinski definition) is 6. The van der Waals surface area contributed by atoms with E-state index in [1.807, 2.05) is 0 Å². The van der Waals surface area contributed by atoms with Crippen LogP contribution in [0.15, 0.2) is 6.07 Å². The Morgan fingerprint density at radius 2 is 2.29 bits per heavy atom. The Morgan fingerprint density at radius 3 is 2.96 bits per heavy atom. The summed E-state index contributed by atoms with van der Waals surface area (Å²) in [4.78, 5) is 19.3. The summed E-state index contributed by atoms with van der Waals surface area (Å²) in [6.45, 7) is 3.66. The van der Waals surface area contributed by atoms with E-state index in [0.717, 1.165) is 49.0 Å². The number of carboxylic acid groups (broad SMARTS) is 1. The lowest BCUT2D eigenvalue weighted by Crippen LogP contribution is -2.44. The molecule has 1 aliphatic rings. The van der Waals surface area contributed by atoms with E-state index < -0.39 is 5.97 Å². The third-order valence-electron chi connectivity index (χ3n) is 4.67. The highest BCUT2D eigenvalue weighted by molar-refractivity contribution is 7.21. The van der Waals surface area contributed by atoms with Crippen LogP contribution in [0.5, 0.6) is 0 Å². The Kier molecular flexibility index (Phi) is 4.91. The van der Waals surface area contributed by atoms with Gasteiger partial charge in [-0.3, -0.25) is 0 Å². The summed E-state index contributed by atoms with van der Waals surface area (Å²) in [6.07, 6.45) is 5.22. The summed E-state index contributed by atoms with van der Waals surface area (Å²) in [7, 11) is 0. The molecule has 1 unspecified atom stereocenters. The van der Waals surface area contributed by atoms with Crippen molar-refractivity contribution >= 4 is 39.0 Å². The topological polar surface area (TPSA) is 105 Å². The molecular formula is C17H24N4O2S. The molecule has 0 spiro atoms. The molecule has 0 radical (unpaired) electrons. The van der Waals surface area contributed by atoms with E-state index >= 15 is 0 Å². The molecule has 24 heavy (non-hydrogen) atoms. The Bertz CT molecular complexity index is 759. The molecule has 0 aromatic carbocycles. The van der Waals surface area contributed by atoms with Gasteiger partial charge in [0.1, 0.15) is 15.5 Å². The average Bonchev–Trinajstić information content (AvgIpc) is 2.92. The number of piperidine rings is 1. The van der Waals surface area contributed by atoms with Crippen LogP contribution in [0.4, 0.5) is 11.5 Å². The second kappa shape index (κ2) is 6.94. The number of fused-ring (bicyclic) bond motifs is 1. The summed E-state index contributed by atoms with van der Waals surface area (Å²) in [5.74, 6) is -0.0865. The minimum Gasteiger partial charge on any atom is -0.477 e. The molecule has 7 heteroatoms. The van der Waals surface area contributed by atoms with Gasteiger partial charge in [-0.25, -0.2) is 9.78 Å². The normalized spacial score (nSPS) is 18.2. The van der Waals surface area contributed by atoms with Gasteiger partial charge in [-0.1, -0.05) is 13.3 Å². The van der Waals surface area contributed by atoms with Gasteiger partial charge >= 0.3 is 5.97 Å². The predicted octanol–water partition coefficient (Wildman–Crippen LogP) is 2.85. The number of carboxylic acids is 1. The standard InChI is InChI=1S/C17H24N4O2S/c1-2-5-10-8-12(21-7-4-3-6-11(21)9-18)20-16-13(10)14(19)15(24-16)17(22)23/h8,11H,2-7,9,18-19H2,1H3,(H,22,23). The lowest BCUT2D eigenvalue weighted by Gasteiger charge is -2.36. The Labute approximate surface area is 145 Å². The molecule has 1 atom stereocenters. The molecule has 1 aliphatic heterocycles. The van der Waals surface area contributed by atoms with Crippen LogP contribution in [0.25, 0.3) is 10.2 Å². The highest BCUT2D eigenvalue weighted by Crippen LogP contribution is 2.38. The van der Waals surface area contributed by atoms with Crippen LogP contribution in [-0.2, 0) is 6.42 Å². The van der Waals surface area contributed by atoms with Gasteiger partial charge in [0.2, 0.25) is 0 Å². The van der Waals surface area contributed by atoms with Crippen LogP contribution in [-0.4, -0.2) is 35.2 Å². The molecule has 130 valence electrons. The van der Waals surface area contributed by atoms with Gasteiger partial charge in [0.25, 0.3) is 0 Å². The molecular weight excluding hydrogens is 324 g/mol. The van der Waals surface area contributed by atoms with E-state index in [4.69, 9.17) is 16.5 Å². The number of rotatable bonds is 5. The molecule has 0 saturated carbocycles. The number of aryl methyl sites for hydroxylation is 1. The van der Waals surface area contributed by atoms with Crippen molar-refractivity contribution in [3.05, 3.63) is 16.5 Å². The van der Waals surface area contributed by atoms with E-state index in [1.54, 1.807) is 0 Å². The highest BCUT2D eigenvalue weighted by atomic mass is 32.1. The summed E-state index contributed by atoms with van der Waals surface area (Å²) in [6, 6.07) is 2.38. The zero-order chi connectivity index (χ0) is 17.3. The van der Waals surface area contributed by atoms with Crippen LogP contribution < -0.4 is 16.4 Å². The average molecular weight is 348 g/mol. The van der Waals surface area contributed by atoms with Crippen LogP contribution in [0.1, 0.15) is 47.8 Å². The Hall–Kier alpha value is -1.86.